The van der Waals surface area contributed by atoms with Crippen molar-refractivity contribution < 1.29 is 0 Å². The molecule has 0 fully saturated rings. The molecule has 0 N–H and O–H groups in total. The van der Waals surface area contributed by atoms with Crippen molar-refractivity contribution in [2.24, 2.45) is 17.8 Å². The summed E-state index contributed by atoms with van der Waals surface area (Å²) in [6.45, 7) is 12.0. The predicted octanol–water partition coefficient (Wildman–Crippen LogP) is 11.3. The Morgan fingerprint density at radius 3 is 1.33 bits per heavy atom. The lowest BCUT2D eigenvalue weighted by molar-refractivity contribution is 0.397. The normalized spacial score (nSPS) is 15.0. The molecule has 0 aliphatic rings. The molecule has 0 rings (SSSR count). The molecular formula is C30H60. The molecular weight excluding hydrogens is 360 g/mol. The van der Waals surface area contributed by atoms with E-state index in [4.69, 9.17) is 0 Å². The second kappa shape index (κ2) is 23.4. The number of hydrogen-bond donors (Lipinski definition) is 0. The number of hydrogen-bond acceptors (Lipinski definition) is 0. The van der Waals surface area contributed by atoms with E-state index in [1.807, 2.05) is 0 Å². The van der Waals surface area contributed by atoms with Crippen molar-refractivity contribution in [2.45, 2.75) is 163 Å². The third-order valence-corrected chi connectivity index (χ3v) is 7.06. The fourth-order valence-electron chi connectivity index (χ4n) is 4.62. The minimum absolute atomic E-state index is 0.905. The van der Waals surface area contributed by atoms with Crippen molar-refractivity contribution in [1.82, 2.24) is 0 Å². The van der Waals surface area contributed by atoms with Gasteiger partial charge < -0.3 is 0 Å². The summed E-state index contributed by atoms with van der Waals surface area (Å²) >= 11 is 0. The van der Waals surface area contributed by atoms with Gasteiger partial charge in [0.25, 0.3) is 0 Å². The van der Waals surface area contributed by atoms with Gasteiger partial charge in [-0.3, -0.25) is 0 Å². The fraction of sp³-hybridized carbons (Fsp3) is 0.933. The Labute approximate surface area is 193 Å². The molecule has 0 saturated heterocycles. The topological polar surface area (TPSA) is 0 Å². The molecule has 3 atom stereocenters. The minimum atomic E-state index is 0.905. The molecule has 180 valence electrons. The molecule has 0 heterocycles. The first-order valence-electron chi connectivity index (χ1n) is 14.2. The highest BCUT2D eigenvalue weighted by molar-refractivity contribution is 4.81. The number of allylic oxidation sites excluding steroid dienone is 2. The zero-order valence-electron chi connectivity index (χ0n) is 22.0. The second-order valence-corrected chi connectivity index (χ2v) is 10.6. The summed E-state index contributed by atoms with van der Waals surface area (Å²) < 4.78 is 0. The standard InChI is InChI=1S/C30H60/c1-6-8-10-12-14-18-24-29(4)26-21-27-30(5)25-20-16-13-15-19-23-28(3)22-17-11-9-7-2/h12,14,28-30H,6-11,13,15-27H2,1-5H3/b14-12+. The van der Waals surface area contributed by atoms with E-state index < -0.39 is 0 Å². The molecule has 3 unspecified atom stereocenters. The highest BCUT2D eigenvalue weighted by Crippen LogP contribution is 2.22. The Kier molecular flexibility index (Phi) is 23.2. The van der Waals surface area contributed by atoms with E-state index in [1.54, 1.807) is 0 Å². The molecule has 0 aromatic carbocycles. The maximum Gasteiger partial charge on any atom is -0.0348 e. The van der Waals surface area contributed by atoms with Crippen LogP contribution in [0.5, 0.6) is 0 Å². The predicted molar refractivity (Wildman–Crippen MR) is 140 cm³/mol. The van der Waals surface area contributed by atoms with Crippen molar-refractivity contribution >= 4 is 0 Å². The largest absolute Gasteiger partial charge is 0.0885 e. The van der Waals surface area contributed by atoms with Gasteiger partial charge >= 0.3 is 0 Å². The van der Waals surface area contributed by atoms with Crippen LogP contribution in [0.4, 0.5) is 0 Å². The third-order valence-electron chi connectivity index (χ3n) is 7.06. The van der Waals surface area contributed by atoms with E-state index >= 15 is 0 Å². The molecule has 0 aromatic heterocycles. The lowest BCUT2D eigenvalue weighted by Gasteiger charge is -2.14. The van der Waals surface area contributed by atoms with Crippen molar-refractivity contribution in [2.75, 3.05) is 0 Å². The fourth-order valence-corrected chi connectivity index (χ4v) is 4.62. The SMILES string of the molecule is CCCC/C=C/CCC(C)CCCC(C)CCCCCCCC(C)CCCCCC. The first-order valence-corrected chi connectivity index (χ1v) is 14.2. The van der Waals surface area contributed by atoms with Crippen LogP contribution in [0, 0.1) is 17.8 Å². The summed E-state index contributed by atoms with van der Waals surface area (Å²) in [7, 11) is 0. The van der Waals surface area contributed by atoms with E-state index in [-0.39, 0.29) is 0 Å². The Morgan fingerprint density at radius 1 is 0.400 bits per heavy atom. The van der Waals surface area contributed by atoms with E-state index in [0.29, 0.717) is 0 Å². The van der Waals surface area contributed by atoms with Crippen LogP contribution in [0.1, 0.15) is 163 Å². The van der Waals surface area contributed by atoms with Crippen molar-refractivity contribution in [3.05, 3.63) is 12.2 Å². The first kappa shape index (κ1) is 29.7. The van der Waals surface area contributed by atoms with Crippen LogP contribution in [-0.4, -0.2) is 0 Å². The van der Waals surface area contributed by atoms with Gasteiger partial charge in [0.2, 0.25) is 0 Å². The Balaban J connectivity index is 3.40. The minimum Gasteiger partial charge on any atom is -0.0885 e. The molecule has 0 aliphatic heterocycles. The van der Waals surface area contributed by atoms with Crippen molar-refractivity contribution in [1.29, 1.82) is 0 Å². The summed E-state index contributed by atoms with van der Waals surface area (Å²) in [5.74, 6) is 2.80. The molecule has 0 heteroatoms. The monoisotopic (exact) mass is 420 g/mol. The molecule has 0 amide bonds. The van der Waals surface area contributed by atoms with Crippen LogP contribution in [-0.2, 0) is 0 Å². The van der Waals surface area contributed by atoms with Gasteiger partial charge in [-0.05, 0) is 37.0 Å². The van der Waals surface area contributed by atoms with Crippen LogP contribution in [0.2, 0.25) is 0 Å². The van der Waals surface area contributed by atoms with Gasteiger partial charge in [0.15, 0.2) is 0 Å². The summed E-state index contributed by atoms with van der Waals surface area (Å²) in [6.07, 6.45) is 33.2. The average Bonchev–Trinajstić information content (AvgIpc) is 2.73. The Hall–Kier alpha value is -0.260. The van der Waals surface area contributed by atoms with E-state index in [1.165, 1.54) is 128 Å². The van der Waals surface area contributed by atoms with Gasteiger partial charge in [-0.25, -0.2) is 0 Å². The van der Waals surface area contributed by atoms with Crippen molar-refractivity contribution in [3.8, 4) is 0 Å². The van der Waals surface area contributed by atoms with Gasteiger partial charge in [-0.1, -0.05) is 156 Å². The maximum absolute atomic E-state index is 2.49. The van der Waals surface area contributed by atoms with E-state index in [2.05, 4.69) is 46.8 Å². The van der Waals surface area contributed by atoms with Crippen LogP contribution in [0.25, 0.3) is 0 Å². The van der Waals surface area contributed by atoms with Gasteiger partial charge in [0.1, 0.15) is 0 Å². The van der Waals surface area contributed by atoms with Crippen LogP contribution < -0.4 is 0 Å². The molecule has 0 bridgehead atoms. The zero-order chi connectivity index (χ0) is 22.3. The molecule has 0 aromatic rings. The lowest BCUT2D eigenvalue weighted by atomic mass is 9.92. The van der Waals surface area contributed by atoms with Gasteiger partial charge in [0.05, 0.1) is 0 Å². The van der Waals surface area contributed by atoms with Gasteiger partial charge in [-0.2, -0.15) is 0 Å². The quantitative estimate of drug-likeness (QED) is 0.114. The second-order valence-electron chi connectivity index (χ2n) is 10.6. The van der Waals surface area contributed by atoms with Gasteiger partial charge in [0, 0.05) is 0 Å². The number of rotatable bonds is 23. The smallest absolute Gasteiger partial charge is 0.0348 e. The van der Waals surface area contributed by atoms with Crippen molar-refractivity contribution in [3.63, 3.8) is 0 Å². The zero-order valence-corrected chi connectivity index (χ0v) is 22.0. The van der Waals surface area contributed by atoms with E-state index in [9.17, 15) is 0 Å². The summed E-state index contributed by atoms with van der Waals surface area (Å²) in [5.41, 5.74) is 0. The first-order chi connectivity index (χ1) is 14.6. The number of unbranched alkanes of at least 4 members (excludes halogenated alkanes) is 9. The molecule has 0 radical (unpaired) electrons. The lowest BCUT2D eigenvalue weighted by Crippen LogP contribution is -1.99. The molecule has 30 heavy (non-hydrogen) atoms. The summed E-state index contributed by atoms with van der Waals surface area (Å²) in [5, 5.41) is 0. The molecule has 0 saturated carbocycles. The van der Waals surface area contributed by atoms with Gasteiger partial charge in [-0.15, -0.1) is 0 Å². The Bertz CT molecular complexity index is 342. The average molecular weight is 421 g/mol. The third kappa shape index (κ3) is 22.4. The molecule has 0 spiro atoms. The Morgan fingerprint density at radius 2 is 0.800 bits per heavy atom. The maximum atomic E-state index is 2.49. The van der Waals surface area contributed by atoms with E-state index in [0.717, 1.165) is 17.8 Å². The van der Waals surface area contributed by atoms with Crippen LogP contribution >= 0.6 is 0 Å². The summed E-state index contributed by atoms with van der Waals surface area (Å²) in [4.78, 5) is 0. The van der Waals surface area contributed by atoms with Crippen LogP contribution in [0.3, 0.4) is 0 Å². The molecule has 0 nitrogen and oxygen atoms in total. The molecule has 0 aliphatic carbocycles. The highest BCUT2D eigenvalue weighted by atomic mass is 14.1. The summed E-state index contributed by atoms with van der Waals surface area (Å²) in [6, 6.07) is 0. The van der Waals surface area contributed by atoms with Crippen LogP contribution in [0.15, 0.2) is 12.2 Å². The highest BCUT2D eigenvalue weighted by Gasteiger charge is 2.06.